The van der Waals surface area contributed by atoms with Crippen LogP contribution in [-0.2, 0) is 20.0 Å². The maximum absolute atomic E-state index is 13.2. The van der Waals surface area contributed by atoms with Crippen molar-refractivity contribution in [2.45, 2.75) is 13.0 Å². The van der Waals surface area contributed by atoms with Crippen LogP contribution in [0.2, 0.25) is 5.15 Å². The fourth-order valence-electron chi connectivity index (χ4n) is 3.66. The molecule has 156 valence electrons. The molecule has 31 heavy (non-hydrogen) atoms. The Morgan fingerprint density at radius 3 is 2.74 bits per heavy atom. The minimum absolute atomic E-state index is 0.137. The standard InChI is InChI=1S/C21H16ClFN6O2/c1-28-16-8-9-29(21(30)13-4-7-17(22)24-10-13)11-15(16)18(26-28)20-25-19(27-31-20)12-2-5-14(23)6-3-12/h2-7,10H,8-9,11H2,1H3. The van der Waals surface area contributed by atoms with E-state index in [-0.39, 0.29) is 17.6 Å². The number of nitrogens with zero attached hydrogens (tertiary/aromatic N) is 6. The molecular weight excluding hydrogens is 423 g/mol. The van der Waals surface area contributed by atoms with Crippen molar-refractivity contribution in [1.29, 1.82) is 0 Å². The Kier molecular flexibility index (Phi) is 4.74. The molecule has 4 aromatic rings. The first kappa shape index (κ1) is 19.4. The minimum Gasteiger partial charge on any atom is -0.334 e. The van der Waals surface area contributed by atoms with Crippen LogP contribution in [0.25, 0.3) is 23.0 Å². The van der Waals surface area contributed by atoms with Crippen LogP contribution in [0.4, 0.5) is 4.39 Å². The predicted octanol–water partition coefficient (Wildman–Crippen LogP) is 3.52. The Labute approximate surface area is 181 Å². The van der Waals surface area contributed by atoms with Gasteiger partial charge in [0.05, 0.1) is 12.1 Å². The van der Waals surface area contributed by atoms with Crippen LogP contribution >= 0.6 is 11.6 Å². The van der Waals surface area contributed by atoms with Gasteiger partial charge in [0, 0.05) is 43.0 Å². The van der Waals surface area contributed by atoms with Crippen molar-refractivity contribution in [1.82, 2.24) is 29.8 Å². The van der Waals surface area contributed by atoms with E-state index in [4.69, 9.17) is 16.1 Å². The van der Waals surface area contributed by atoms with Crippen molar-refractivity contribution in [3.63, 3.8) is 0 Å². The fraction of sp³-hybridized carbons (Fsp3) is 0.190. The maximum atomic E-state index is 13.2. The van der Waals surface area contributed by atoms with Crippen LogP contribution in [0.1, 0.15) is 21.6 Å². The summed E-state index contributed by atoms with van der Waals surface area (Å²) in [5.41, 5.74) is 3.50. The molecule has 10 heteroatoms. The molecule has 1 amide bonds. The zero-order chi connectivity index (χ0) is 21.5. The molecule has 0 fully saturated rings. The number of hydrogen-bond acceptors (Lipinski definition) is 6. The van der Waals surface area contributed by atoms with E-state index in [2.05, 4.69) is 20.2 Å². The Balaban J connectivity index is 1.45. The van der Waals surface area contributed by atoms with Crippen molar-refractivity contribution in [3.8, 4) is 23.0 Å². The normalized spacial score (nSPS) is 13.3. The summed E-state index contributed by atoms with van der Waals surface area (Å²) in [4.78, 5) is 23.1. The highest BCUT2D eigenvalue weighted by molar-refractivity contribution is 6.29. The van der Waals surface area contributed by atoms with Crippen LogP contribution in [0, 0.1) is 5.82 Å². The molecule has 0 N–H and O–H groups in total. The number of pyridine rings is 1. The third-order valence-electron chi connectivity index (χ3n) is 5.23. The summed E-state index contributed by atoms with van der Waals surface area (Å²) >= 11 is 5.83. The van der Waals surface area contributed by atoms with Crippen molar-refractivity contribution in [3.05, 3.63) is 70.4 Å². The summed E-state index contributed by atoms with van der Waals surface area (Å²) in [5, 5.41) is 8.89. The summed E-state index contributed by atoms with van der Waals surface area (Å²) < 4.78 is 20.4. The first-order valence-electron chi connectivity index (χ1n) is 9.55. The molecule has 1 aliphatic heterocycles. The van der Waals surface area contributed by atoms with Gasteiger partial charge in [-0.25, -0.2) is 9.37 Å². The highest BCUT2D eigenvalue weighted by Crippen LogP contribution is 2.30. The predicted molar refractivity (Wildman–Crippen MR) is 110 cm³/mol. The number of aryl methyl sites for hydroxylation is 1. The second-order valence-corrected chi connectivity index (χ2v) is 7.56. The number of amides is 1. The van der Waals surface area contributed by atoms with Crippen molar-refractivity contribution in [2.75, 3.05) is 6.54 Å². The molecule has 0 aliphatic carbocycles. The summed E-state index contributed by atoms with van der Waals surface area (Å²) in [5.74, 6) is 0.109. The lowest BCUT2D eigenvalue weighted by molar-refractivity contribution is 0.0733. The lowest BCUT2D eigenvalue weighted by Crippen LogP contribution is -2.36. The SMILES string of the molecule is Cn1nc(-c2nc(-c3ccc(F)cc3)no2)c2c1CCN(C(=O)c1ccc(Cl)nc1)C2. The van der Waals surface area contributed by atoms with Gasteiger partial charge in [-0.05, 0) is 36.4 Å². The summed E-state index contributed by atoms with van der Waals surface area (Å²) in [7, 11) is 1.85. The zero-order valence-corrected chi connectivity index (χ0v) is 17.2. The van der Waals surface area contributed by atoms with Gasteiger partial charge in [-0.1, -0.05) is 16.8 Å². The van der Waals surface area contributed by atoms with Gasteiger partial charge in [0.2, 0.25) is 5.82 Å². The number of carbonyl (C=O) groups excluding carboxylic acids is 1. The third-order valence-corrected chi connectivity index (χ3v) is 5.46. The summed E-state index contributed by atoms with van der Waals surface area (Å²) in [6, 6.07) is 9.09. The van der Waals surface area contributed by atoms with Gasteiger partial charge >= 0.3 is 0 Å². The zero-order valence-electron chi connectivity index (χ0n) is 16.4. The Bertz CT molecular complexity index is 1270. The number of carbonyl (C=O) groups is 1. The van der Waals surface area contributed by atoms with Gasteiger partial charge in [0.15, 0.2) is 5.69 Å². The molecule has 3 aromatic heterocycles. The summed E-state index contributed by atoms with van der Waals surface area (Å²) in [6.45, 7) is 0.909. The fourth-order valence-corrected chi connectivity index (χ4v) is 3.77. The molecule has 0 bridgehead atoms. The van der Waals surface area contributed by atoms with E-state index in [9.17, 15) is 9.18 Å². The molecule has 0 spiro atoms. The quantitative estimate of drug-likeness (QED) is 0.454. The van der Waals surface area contributed by atoms with E-state index in [0.717, 1.165) is 11.3 Å². The Hall–Kier alpha value is -3.59. The van der Waals surface area contributed by atoms with E-state index < -0.39 is 0 Å². The number of halogens is 2. The lowest BCUT2D eigenvalue weighted by Gasteiger charge is -2.27. The van der Waals surface area contributed by atoms with E-state index >= 15 is 0 Å². The molecule has 4 heterocycles. The highest BCUT2D eigenvalue weighted by Gasteiger charge is 2.30. The highest BCUT2D eigenvalue weighted by atomic mass is 35.5. The molecule has 0 atom stereocenters. The van der Waals surface area contributed by atoms with Gasteiger partial charge in [-0.15, -0.1) is 0 Å². The van der Waals surface area contributed by atoms with Crippen LogP contribution in [-0.4, -0.2) is 42.3 Å². The van der Waals surface area contributed by atoms with Crippen molar-refractivity contribution < 1.29 is 13.7 Å². The number of rotatable bonds is 3. The first-order valence-corrected chi connectivity index (χ1v) is 9.93. The van der Waals surface area contributed by atoms with Crippen LogP contribution in [0.5, 0.6) is 0 Å². The molecule has 1 aliphatic rings. The van der Waals surface area contributed by atoms with E-state index in [1.165, 1.54) is 18.3 Å². The number of aromatic nitrogens is 5. The van der Waals surface area contributed by atoms with Crippen LogP contribution in [0.15, 0.2) is 47.1 Å². The maximum Gasteiger partial charge on any atom is 0.279 e. The van der Waals surface area contributed by atoms with E-state index in [0.29, 0.717) is 47.3 Å². The summed E-state index contributed by atoms with van der Waals surface area (Å²) in [6.07, 6.45) is 2.11. The molecule has 0 saturated heterocycles. The van der Waals surface area contributed by atoms with Crippen molar-refractivity contribution in [2.24, 2.45) is 7.05 Å². The number of fused-ring (bicyclic) bond motifs is 1. The number of benzene rings is 1. The van der Waals surface area contributed by atoms with Gasteiger partial charge in [-0.2, -0.15) is 10.1 Å². The van der Waals surface area contributed by atoms with Gasteiger partial charge in [0.1, 0.15) is 11.0 Å². The second kappa shape index (κ2) is 7.59. The molecule has 8 nitrogen and oxygen atoms in total. The Morgan fingerprint density at radius 1 is 1.19 bits per heavy atom. The molecule has 5 rings (SSSR count). The average molecular weight is 439 g/mol. The monoisotopic (exact) mass is 438 g/mol. The third kappa shape index (κ3) is 3.57. The molecule has 0 radical (unpaired) electrons. The molecule has 0 saturated carbocycles. The molecule has 1 aromatic carbocycles. The second-order valence-electron chi connectivity index (χ2n) is 7.17. The van der Waals surface area contributed by atoms with Crippen molar-refractivity contribution >= 4 is 17.5 Å². The Morgan fingerprint density at radius 2 is 2.00 bits per heavy atom. The van der Waals surface area contributed by atoms with Gasteiger partial charge < -0.3 is 9.42 Å². The van der Waals surface area contributed by atoms with Gasteiger partial charge in [-0.3, -0.25) is 9.48 Å². The minimum atomic E-state index is -0.341. The average Bonchev–Trinajstić information content (AvgIpc) is 3.39. The molecule has 0 unspecified atom stereocenters. The van der Waals surface area contributed by atoms with Crippen LogP contribution < -0.4 is 0 Å². The topological polar surface area (TPSA) is 89.9 Å². The molecular formula is C21H16ClFN6O2. The van der Waals surface area contributed by atoms with Gasteiger partial charge in [0.25, 0.3) is 11.8 Å². The number of hydrogen-bond donors (Lipinski definition) is 0. The van der Waals surface area contributed by atoms with E-state index in [1.807, 2.05) is 7.05 Å². The largest absolute Gasteiger partial charge is 0.334 e. The van der Waals surface area contributed by atoms with E-state index in [1.54, 1.807) is 33.8 Å². The first-order chi connectivity index (χ1) is 15.0. The lowest BCUT2D eigenvalue weighted by atomic mass is 10.0. The smallest absolute Gasteiger partial charge is 0.279 e. The van der Waals surface area contributed by atoms with Crippen LogP contribution in [0.3, 0.4) is 0 Å².